The number of nitrogens with two attached hydrogens (primary N) is 1. The van der Waals surface area contributed by atoms with Crippen LogP contribution in [0, 0.1) is 13.8 Å². The van der Waals surface area contributed by atoms with Crippen molar-refractivity contribution in [2.45, 2.75) is 26.5 Å². The standard InChI is InChI=1S/C17H22N4O2.2ClH/c1-12-8-19-21(9-12)11-15-10-20(5-6-23-15)17(22)16-7-14(18)4-3-13(16)2;;/h3-4,7-9,15H,5-6,10-11,18H2,1-2H3;2*1H. The predicted octanol–water partition coefficient (Wildman–Crippen LogP) is 2.47. The molecule has 0 bridgehead atoms. The molecule has 1 saturated heterocycles. The van der Waals surface area contributed by atoms with Crippen LogP contribution in [0.5, 0.6) is 0 Å². The van der Waals surface area contributed by atoms with E-state index in [0.29, 0.717) is 37.5 Å². The second-order valence-electron chi connectivity index (χ2n) is 6.06. The average molecular weight is 387 g/mol. The van der Waals surface area contributed by atoms with E-state index in [9.17, 15) is 4.79 Å². The van der Waals surface area contributed by atoms with E-state index in [4.69, 9.17) is 10.5 Å². The number of rotatable bonds is 3. The van der Waals surface area contributed by atoms with E-state index in [1.807, 2.05) is 48.0 Å². The van der Waals surface area contributed by atoms with Crippen LogP contribution in [0.2, 0.25) is 0 Å². The monoisotopic (exact) mass is 386 g/mol. The van der Waals surface area contributed by atoms with Crippen molar-refractivity contribution in [3.63, 3.8) is 0 Å². The maximum atomic E-state index is 12.8. The van der Waals surface area contributed by atoms with Crippen LogP contribution in [0.1, 0.15) is 21.5 Å². The van der Waals surface area contributed by atoms with E-state index in [1.165, 1.54) is 0 Å². The maximum Gasteiger partial charge on any atom is 0.254 e. The average Bonchev–Trinajstić information content (AvgIpc) is 2.94. The van der Waals surface area contributed by atoms with Crippen LogP contribution >= 0.6 is 24.8 Å². The lowest BCUT2D eigenvalue weighted by atomic mass is 10.1. The summed E-state index contributed by atoms with van der Waals surface area (Å²) in [6, 6.07) is 5.44. The maximum absolute atomic E-state index is 12.8. The summed E-state index contributed by atoms with van der Waals surface area (Å²) in [5, 5.41) is 4.28. The number of hydrogen-bond acceptors (Lipinski definition) is 4. The molecule has 3 rings (SSSR count). The van der Waals surface area contributed by atoms with Crippen molar-refractivity contribution in [2.24, 2.45) is 0 Å². The van der Waals surface area contributed by atoms with Crippen molar-refractivity contribution in [3.05, 3.63) is 47.3 Å². The van der Waals surface area contributed by atoms with Crippen molar-refractivity contribution in [2.75, 3.05) is 25.4 Å². The normalized spacial score (nSPS) is 16.7. The number of nitrogens with zero attached hydrogens (tertiary/aromatic N) is 3. The first kappa shape index (κ1) is 21.3. The van der Waals surface area contributed by atoms with Crippen LogP contribution < -0.4 is 5.73 Å². The third-order valence-corrected chi connectivity index (χ3v) is 4.07. The largest absolute Gasteiger partial charge is 0.399 e. The van der Waals surface area contributed by atoms with Gasteiger partial charge in [-0.3, -0.25) is 9.48 Å². The number of amides is 1. The molecular weight excluding hydrogens is 363 g/mol. The predicted molar refractivity (Wildman–Crippen MR) is 103 cm³/mol. The van der Waals surface area contributed by atoms with E-state index in [2.05, 4.69) is 5.10 Å². The van der Waals surface area contributed by atoms with E-state index in [-0.39, 0.29) is 36.8 Å². The van der Waals surface area contributed by atoms with Crippen LogP contribution in [0.25, 0.3) is 0 Å². The van der Waals surface area contributed by atoms with Gasteiger partial charge in [-0.2, -0.15) is 5.10 Å². The van der Waals surface area contributed by atoms with Gasteiger partial charge in [0.2, 0.25) is 0 Å². The molecule has 6 nitrogen and oxygen atoms in total. The third-order valence-electron chi connectivity index (χ3n) is 4.07. The molecule has 138 valence electrons. The first-order chi connectivity index (χ1) is 11.0. The first-order valence-electron chi connectivity index (χ1n) is 7.79. The number of morpholine rings is 1. The van der Waals surface area contributed by atoms with Gasteiger partial charge < -0.3 is 15.4 Å². The van der Waals surface area contributed by atoms with E-state index in [0.717, 1.165) is 11.1 Å². The molecule has 1 fully saturated rings. The van der Waals surface area contributed by atoms with Crippen molar-refractivity contribution in [1.82, 2.24) is 14.7 Å². The highest BCUT2D eigenvalue weighted by atomic mass is 35.5. The Morgan fingerprint density at radius 3 is 2.80 bits per heavy atom. The van der Waals surface area contributed by atoms with Crippen LogP contribution in [-0.2, 0) is 11.3 Å². The summed E-state index contributed by atoms with van der Waals surface area (Å²) in [6.07, 6.45) is 3.75. The number of anilines is 1. The minimum absolute atomic E-state index is 0. The number of carbonyl (C=O) groups excluding carboxylic acids is 1. The molecule has 8 heteroatoms. The summed E-state index contributed by atoms with van der Waals surface area (Å²) in [5.74, 6) is 0.0137. The number of ether oxygens (including phenoxy) is 1. The molecule has 2 heterocycles. The Morgan fingerprint density at radius 2 is 2.12 bits per heavy atom. The highest BCUT2D eigenvalue weighted by molar-refractivity contribution is 5.96. The van der Waals surface area contributed by atoms with Gasteiger partial charge in [-0.05, 0) is 37.1 Å². The Labute approximate surface area is 160 Å². The highest BCUT2D eigenvalue weighted by Gasteiger charge is 2.26. The van der Waals surface area contributed by atoms with E-state index >= 15 is 0 Å². The minimum Gasteiger partial charge on any atom is -0.399 e. The zero-order valence-corrected chi connectivity index (χ0v) is 16.0. The molecule has 2 aromatic rings. The van der Waals surface area contributed by atoms with Gasteiger partial charge in [0, 0.05) is 30.5 Å². The van der Waals surface area contributed by atoms with Gasteiger partial charge in [-0.15, -0.1) is 24.8 Å². The zero-order valence-electron chi connectivity index (χ0n) is 14.3. The number of carbonyl (C=O) groups is 1. The highest BCUT2D eigenvalue weighted by Crippen LogP contribution is 2.17. The van der Waals surface area contributed by atoms with Crippen molar-refractivity contribution >= 4 is 36.4 Å². The van der Waals surface area contributed by atoms with Crippen LogP contribution in [0.3, 0.4) is 0 Å². The van der Waals surface area contributed by atoms with Crippen molar-refractivity contribution < 1.29 is 9.53 Å². The lowest BCUT2D eigenvalue weighted by Crippen LogP contribution is -2.47. The number of aromatic nitrogens is 2. The van der Waals surface area contributed by atoms with Gasteiger partial charge in [0.15, 0.2) is 0 Å². The van der Waals surface area contributed by atoms with Gasteiger partial charge in [0.1, 0.15) is 0 Å². The number of aryl methyl sites for hydroxylation is 2. The quantitative estimate of drug-likeness (QED) is 0.822. The molecule has 0 spiro atoms. The molecule has 0 radical (unpaired) electrons. The molecule has 2 N–H and O–H groups in total. The Bertz CT molecular complexity index is 720. The number of nitrogen functional groups attached to an aromatic ring is 1. The lowest BCUT2D eigenvalue weighted by molar-refractivity contribution is -0.0300. The molecule has 0 aliphatic carbocycles. The molecule has 25 heavy (non-hydrogen) atoms. The Morgan fingerprint density at radius 1 is 1.36 bits per heavy atom. The van der Waals surface area contributed by atoms with Gasteiger partial charge in [-0.1, -0.05) is 6.07 Å². The molecule has 1 unspecified atom stereocenters. The van der Waals surface area contributed by atoms with Crippen LogP contribution in [0.4, 0.5) is 5.69 Å². The molecule has 1 aromatic heterocycles. The summed E-state index contributed by atoms with van der Waals surface area (Å²) in [4.78, 5) is 14.6. The summed E-state index contributed by atoms with van der Waals surface area (Å²) in [5.41, 5.74) is 9.15. The molecule has 1 aromatic carbocycles. The fourth-order valence-corrected chi connectivity index (χ4v) is 2.83. The Balaban J connectivity index is 0.00000156. The molecule has 1 amide bonds. The summed E-state index contributed by atoms with van der Waals surface area (Å²) < 4.78 is 7.64. The van der Waals surface area contributed by atoms with Gasteiger partial charge in [0.25, 0.3) is 5.91 Å². The summed E-state index contributed by atoms with van der Waals surface area (Å²) in [6.45, 7) is 6.28. The van der Waals surface area contributed by atoms with Crippen LogP contribution in [-0.4, -0.2) is 46.4 Å². The molecule has 1 aliphatic heterocycles. The van der Waals surface area contributed by atoms with E-state index in [1.54, 1.807) is 6.07 Å². The number of halogens is 2. The molecule has 1 aliphatic rings. The lowest BCUT2D eigenvalue weighted by Gasteiger charge is -2.33. The van der Waals surface area contributed by atoms with Gasteiger partial charge in [-0.25, -0.2) is 0 Å². The third kappa shape index (κ3) is 5.11. The fraction of sp³-hybridized carbons (Fsp3) is 0.412. The Hall–Kier alpha value is -1.76. The second-order valence-corrected chi connectivity index (χ2v) is 6.06. The number of benzene rings is 1. The van der Waals surface area contributed by atoms with Crippen LogP contribution in [0.15, 0.2) is 30.6 Å². The second kappa shape index (κ2) is 9.08. The van der Waals surface area contributed by atoms with Gasteiger partial charge >= 0.3 is 0 Å². The van der Waals surface area contributed by atoms with Gasteiger partial charge in [0.05, 0.1) is 25.5 Å². The number of hydrogen-bond donors (Lipinski definition) is 1. The van der Waals surface area contributed by atoms with E-state index < -0.39 is 0 Å². The topological polar surface area (TPSA) is 73.4 Å². The zero-order chi connectivity index (χ0) is 16.4. The summed E-state index contributed by atoms with van der Waals surface area (Å²) >= 11 is 0. The van der Waals surface area contributed by atoms with Crippen molar-refractivity contribution in [1.29, 1.82) is 0 Å². The fourth-order valence-electron chi connectivity index (χ4n) is 2.83. The smallest absolute Gasteiger partial charge is 0.254 e. The first-order valence-corrected chi connectivity index (χ1v) is 7.79. The SMILES string of the molecule is Cc1cnn(CC2CN(C(=O)c3cc(N)ccc3C)CCO2)c1.Cl.Cl. The van der Waals surface area contributed by atoms with Crippen molar-refractivity contribution in [3.8, 4) is 0 Å². The molecule has 0 saturated carbocycles. The molecule has 1 atom stereocenters. The molecular formula is C17H24Cl2N4O2. The Kier molecular flexibility index (Phi) is 7.73. The minimum atomic E-state index is -0.0478. The summed E-state index contributed by atoms with van der Waals surface area (Å²) in [7, 11) is 0.